The Morgan fingerprint density at radius 3 is 2.52 bits per heavy atom. The molecular formula is C13H13Br2NO3S2. The van der Waals surface area contributed by atoms with Gasteiger partial charge in [0.25, 0.3) is 0 Å². The fourth-order valence-electron chi connectivity index (χ4n) is 1.76. The average Bonchev–Trinajstić information content (AvgIpc) is 2.83. The number of hydrogen-bond acceptors (Lipinski definition) is 4. The summed E-state index contributed by atoms with van der Waals surface area (Å²) in [7, 11) is -0.433. The van der Waals surface area contributed by atoms with Gasteiger partial charge in [0.2, 0.25) is 10.0 Å². The van der Waals surface area contributed by atoms with Gasteiger partial charge in [0.1, 0.15) is 5.75 Å². The summed E-state index contributed by atoms with van der Waals surface area (Å²) in [6.45, 7) is 0.327. The van der Waals surface area contributed by atoms with Gasteiger partial charge >= 0.3 is 0 Å². The summed E-state index contributed by atoms with van der Waals surface area (Å²) in [5, 5.41) is 1.93. The summed E-state index contributed by atoms with van der Waals surface area (Å²) in [5.41, 5.74) is 0.950. The van der Waals surface area contributed by atoms with Crippen LogP contribution in [0.5, 0.6) is 5.75 Å². The highest BCUT2D eigenvalue weighted by Gasteiger charge is 2.22. The molecule has 0 saturated carbocycles. The van der Waals surface area contributed by atoms with Crippen molar-refractivity contribution in [1.82, 2.24) is 4.31 Å². The molecule has 4 nitrogen and oxygen atoms in total. The van der Waals surface area contributed by atoms with E-state index in [0.29, 0.717) is 16.8 Å². The monoisotopic (exact) mass is 453 g/mol. The molecule has 114 valence electrons. The average molecular weight is 455 g/mol. The highest BCUT2D eigenvalue weighted by molar-refractivity contribution is 9.11. The topological polar surface area (TPSA) is 46.6 Å². The molecule has 2 aromatic rings. The number of hydrogen-bond donors (Lipinski definition) is 0. The predicted octanol–water partition coefficient (Wildman–Crippen LogP) is 4.10. The maximum absolute atomic E-state index is 12.6. The third-order valence-corrected chi connectivity index (χ3v) is 6.83. The van der Waals surface area contributed by atoms with Crippen molar-refractivity contribution in [1.29, 1.82) is 0 Å². The molecule has 0 spiro atoms. The zero-order chi connectivity index (χ0) is 15.6. The van der Waals surface area contributed by atoms with Gasteiger partial charge in [-0.25, -0.2) is 8.42 Å². The van der Waals surface area contributed by atoms with Crippen LogP contribution in [-0.4, -0.2) is 26.9 Å². The summed E-state index contributed by atoms with van der Waals surface area (Å²) in [5.74, 6) is 0.596. The summed E-state index contributed by atoms with van der Waals surface area (Å²) in [4.78, 5) is 0.229. The lowest BCUT2D eigenvalue weighted by Crippen LogP contribution is -2.26. The van der Waals surface area contributed by atoms with E-state index in [1.165, 1.54) is 22.8 Å². The van der Waals surface area contributed by atoms with E-state index >= 15 is 0 Å². The first-order valence-electron chi connectivity index (χ1n) is 5.87. The van der Waals surface area contributed by atoms with E-state index in [-0.39, 0.29) is 4.90 Å². The minimum absolute atomic E-state index is 0.229. The van der Waals surface area contributed by atoms with E-state index in [0.717, 1.165) is 9.35 Å². The lowest BCUT2D eigenvalue weighted by atomic mass is 10.3. The highest BCUT2D eigenvalue weighted by Crippen LogP contribution is 2.29. The van der Waals surface area contributed by atoms with Crippen LogP contribution in [0.3, 0.4) is 0 Å². The van der Waals surface area contributed by atoms with Crippen LogP contribution in [0.25, 0.3) is 0 Å². The van der Waals surface area contributed by atoms with Gasteiger partial charge in [-0.1, -0.05) is 0 Å². The Kier molecular flexibility index (Phi) is 5.48. The van der Waals surface area contributed by atoms with Gasteiger partial charge in [-0.15, -0.1) is 11.3 Å². The smallest absolute Gasteiger partial charge is 0.243 e. The van der Waals surface area contributed by atoms with Crippen molar-refractivity contribution < 1.29 is 13.2 Å². The molecule has 0 aliphatic carbocycles. The van der Waals surface area contributed by atoms with Gasteiger partial charge < -0.3 is 4.74 Å². The number of halogens is 2. The summed E-state index contributed by atoms with van der Waals surface area (Å²) >= 11 is 8.21. The van der Waals surface area contributed by atoms with Crippen LogP contribution < -0.4 is 4.74 Å². The first kappa shape index (κ1) is 17.0. The van der Waals surface area contributed by atoms with E-state index in [9.17, 15) is 8.42 Å². The summed E-state index contributed by atoms with van der Waals surface area (Å²) < 4.78 is 33.1. The molecule has 2 rings (SSSR count). The van der Waals surface area contributed by atoms with Crippen LogP contribution in [0.1, 0.15) is 5.56 Å². The molecule has 0 saturated heterocycles. The van der Waals surface area contributed by atoms with Gasteiger partial charge in [0, 0.05) is 13.6 Å². The maximum Gasteiger partial charge on any atom is 0.243 e. The Bertz CT molecular complexity index is 744. The fraction of sp³-hybridized carbons (Fsp3) is 0.231. The number of sulfonamides is 1. The Balaban J connectivity index is 2.26. The molecule has 0 amide bonds. The van der Waals surface area contributed by atoms with E-state index in [1.807, 2.05) is 11.4 Å². The molecule has 1 aromatic heterocycles. The van der Waals surface area contributed by atoms with Crippen molar-refractivity contribution in [3.63, 3.8) is 0 Å². The van der Waals surface area contributed by atoms with Crippen molar-refractivity contribution in [3.05, 3.63) is 43.5 Å². The second-order valence-corrected chi connectivity index (χ2v) is 9.51. The van der Waals surface area contributed by atoms with Crippen LogP contribution in [0, 0.1) is 0 Å². The quantitative estimate of drug-likeness (QED) is 0.683. The molecule has 1 aromatic carbocycles. The van der Waals surface area contributed by atoms with Gasteiger partial charge in [-0.3, -0.25) is 0 Å². The number of rotatable bonds is 5. The zero-order valence-electron chi connectivity index (χ0n) is 11.3. The minimum Gasteiger partial charge on any atom is -0.496 e. The molecule has 0 atom stereocenters. The molecule has 21 heavy (non-hydrogen) atoms. The first-order chi connectivity index (χ1) is 9.84. The van der Waals surface area contributed by atoms with Gasteiger partial charge in [-0.05, 0) is 67.1 Å². The second-order valence-electron chi connectivity index (χ2n) is 4.32. The van der Waals surface area contributed by atoms with Crippen molar-refractivity contribution in [2.45, 2.75) is 11.4 Å². The minimum atomic E-state index is -3.54. The molecule has 1 heterocycles. The van der Waals surface area contributed by atoms with E-state index < -0.39 is 10.0 Å². The van der Waals surface area contributed by atoms with E-state index in [2.05, 4.69) is 31.9 Å². The highest BCUT2D eigenvalue weighted by atomic mass is 79.9. The molecule has 0 radical (unpaired) electrons. The SMILES string of the molecule is COc1ccc(S(=O)(=O)N(C)Cc2csc(Br)c2)cc1Br. The van der Waals surface area contributed by atoms with Crippen LogP contribution >= 0.6 is 43.2 Å². The number of ether oxygens (including phenoxy) is 1. The van der Waals surface area contributed by atoms with Crippen LogP contribution in [0.2, 0.25) is 0 Å². The van der Waals surface area contributed by atoms with E-state index in [4.69, 9.17) is 4.74 Å². The maximum atomic E-state index is 12.6. The molecule has 0 fully saturated rings. The Morgan fingerprint density at radius 2 is 2.00 bits per heavy atom. The lowest BCUT2D eigenvalue weighted by Gasteiger charge is -2.17. The van der Waals surface area contributed by atoms with Gasteiger partial charge in [0.15, 0.2) is 0 Å². The standard InChI is InChI=1S/C13H13Br2NO3S2/c1-16(7-9-5-13(15)20-8-9)21(17,18)10-3-4-12(19-2)11(14)6-10/h3-6,8H,7H2,1-2H3. The Morgan fingerprint density at radius 1 is 1.29 bits per heavy atom. The molecule has 0 aliphatic heterocycles. The third-order valence-electron chi connectivity index (χ3n) is 2.86. The summed E-state index contributed by atoms with van der Waals surface area (Å²) in [6, 6.07) is 6.64. The normalized spacial score (nSPS) is 11.9. The molecule has 0 bridgehead atoms. The number of benzene rings is 1. The molecule has 0 aliphatic rings. The third kappa shape index (κ3) is 3.87. The Hall–Kier alpha value is -0.410. The Labute approximate surface area is 145 Å². The molecule has 8 heteroatoms. The second kappa shape index (κ2) is 6.78. The fourth-order valence-corrected chi connectivity index (χ4v) is 4.84. The van der Waals surface area contributed by atoms with Crippen molar-refractivity contribution in [2.75, 3.05) is 14.2 Å². The predicted molar refractivity (Wildman–Crippen MR) is 91.4 cm³/mol. The van der Waals surface area contributed by atoms with Crippen molar-refractivity contribution >= 4 is 53.2 Å². The van der Waals surface area contributed by atoms with Crippen molar-refractivity contribution in [2.24, 2.45) is 0 Å². The summed E-state index contributed by atoms with van der Waals surface area (Å²) in [6.07, 6.45) is 0. The number of nitrogens with zero attached hydrogens (tertiary/aromatic N) is 1. The first-order valence-corrected chi connectivity index (χ1v) is 9.78. The van der Waals surface area contributed by atoms with Crippen LogP contribution in [-0.2, 0) is 16.6 Å². The van der Waals surface area contributed by atoms with Gasteiger partial charge in [0.05, 0.1) is 20.3 Å². The van der Waals surface area contributed by atoms with Crippen LogP contribution in [0.15, 0.2) is 42.8 Å². The molecular weight excluding hydrogens is 442 g/mol. The molecule has 0 N–H and O–H groups in total. The number of methoxy groups -OCH3 is 1. The largest absolute Gasteiger partial charge is 0.496 e. The van der Waals surface area contributed by atoms with Crippen LogP contribution in [0.4, 0.5) is 0 Å². The van der Waals surface area contributed by atoms with E-state index in [1.54, 1.807) is 25.2 Å². The zero-order valence-corrected chi connectivity index (χ0v) is 16.1. The lowest BCUT2D eigenvalue weighted by molar-refractivity contribution is 0.411. The molecule has 0 unspecified atom stereocenters. The van der Waals surface area contributed by atoms with Gasteiger partial charge in [-0.2, -0.15) is 4.31 Å². The van der Waals surface area contributed by atoms with Crippen molar-refractivity contribution in [3.8, 4) is 5.75 Å². The number of thiophene rings is 1.